The number of aromatic hydroxyl groups is 1. The Morgan fingerprint density at radius 2 is 1.70 bits per heavy atom. The molecule has 0 bridgehead atoms. The highest BCUT2D eigenvalue weighted by molar-refractivity contribution is 6.74. The fourth-order valence-corrected chi connectivity index (χ4v) is 8.17. The van der Waals surface area contributed by atoms with Gasteiger partial charge in [-0.15, -0.1) is 0 Å². The average molecular weight is 743 g/mol. The Labute approximate surface area is 314 Å². The van der Waals surface area contributed by atoms with Gasteiger partial charge in [0.05, 0.1) is 23.9 Å². The van der Waals surface area contributed by atoms with Gasteiger partial charge in [-0.3, -0.25) is 9.69 Å². The Bertz CT molecular complexity index is 1870. The molecule has 3 aromatic carbocycles. The fourth-order valence-electron chi connectivity index (χ4n) is 6.89. The number of nitrogens with two attached hydrogens (primary N) is 1. The molecule has 0 aliphatic heterocycles. The Morgan fingerprint density at radius 3 is 2.40 bits per heavy atom. The minimum absolute atomic E-state index is 0.0134. The van der Waals surface area contributed by atoms with Crippen molar-refractivity contribution in [1.29, 1.82) is 0 Å². The summed E-state index contributed by atoms with van der Waals surface area (Å²) in [7, 11) is -2.15. The van der Waals surface area contributed by atoms with Crippen LogP contribution in [0, 0.1) is 0 Å². The van der Waals surface area contributed by atoms with Crippen LogP contribution in [0.2, 0.25) is 18.1 Å². The lowest BCUT2D eigenvalue weighted by molar-refractivity contribution is 0.181. The zero-order valence-corrected chi connectivity index (χ0v) is 33.0. The molecule has 1 saturated carbocycles. The molecule has 1 aromatic heterocycles. The molecule has 0 spiro atoms. The van der Waals surface area contributed by atoms with Gasteiger partial charge in [-0.05, 0) is 98.6 Å². The molecule has 1 fully saturated rings. The van der Waals surface area contributed by atoms with Crippen molar-refractivity contribution < 1.29 is 24.2 Å². The molecular formula is C42H58N4O6Si. The van der Waals surface area contributed by atoms with Crippen molar-refractivity contribution in [3.8, 4) is 22.6 Å². The monoisotopic (exact) mass is 742 g/mol. The number of aromatic amines is 1. The van der Waals surface area contributed by atoms with E-state index in [2.05, 4.69) is 44.2 Å². The first kappa shape index (κ1) is 40.0. The molecule has 4 aromatic rings. The number of hydrogen-bond donors (Lipinski definition) is 5. The summed E-state index contributed by atoms with van der Waals surface area (Å²) in [6.07, 6.45) is 5.79. The number of ether oxygens (including phenoxy) is 1. The van der Waals surface area contributed by atoms with E-state index in [1.165, 1.54) is 11.0 Å². The van der Waals surface area contributed by atoms with Gasteiger partial charge in [-0.1, -0.05) is 70.0 Å². The first-order chi connectivity index (χ1) is 25.2. The van der Waals surface area contributed by atoms with Gasteiger partial charge in [0.1, 0.15) is 11.5 Å². The third-order valence-corrected chi connectivity index (χ3v) is 15.5. The molecule has 6 N–H and O–H groups in total. The largest absolute Gasteiger partial charge is 0.506 e. The van der Waals surface area contributed by atoms with Gasteiger partial charge in [0.25, 0.3) is 0 Å². The molecule has 1 amide bonds. The summed E-state index contributed by atoms with van der Waals surface area (Å²) in [6.45, 7) is 13.1. The molecule has 0 radical (unpaired) electrons. The third-order valence-electron chi connectivity index (χ3n) is 11.0. The van der Waals surface area contributed by atoms with Crippen LogP contribution in [0.1, 0.15) is 83.8 Å². The number of unbranched alkanes of at least 4 members (excludes halogenated alkanes) is 3. The summed E-state index contributed by atoms with van der Waals surface area (Å²) in [5.74, 6) is 0.708. The number of anilines is 1. The number of carboxylic acid groups (broad SMARTS) is 1. The summed E-state index contributed by atoms with van der Waals surface area (Å²) in [4.78, 5) is 29.0. The molecule has 5 rings (SSSR count). The standard InChI is InChI=1S/C42H58N4O6Si/c1-42(2,3)53(4,5)52-38(34-21-23-37(47)40-35(34)22-24-39(48)45-40)28-44-25-11-6-7-12-26-51-32-19-20-33(29-13-9-8-10-14-29)36(27-32)46(41(49)50)31-17-15-30(43)16-18-31/h8-10,13-14,19-24,27,30-31,38,44,47H,6-7,11-12,15-18,25-26,28,43H2,1-5H3,(H,45,48)(H,49,50)/t30?,31?,38-/m0/s1. The number of phenols is 1. The Hall–Kier alpha value is -4.16. The molecule has 286 valence electrons. The second-order valence-corrected chi connectivity index (χ2v) is 20.6. The van der Waals surface area contributed by atoms with Crippen molar-refractivity contribution in [3.63, 3.8) is 0 Å². The number of fused-ring (bicyclic) bond motifs is 1. The zero-order chi connectivity index (χ0) is 38.2. The van der Waals surface area contributed by atoms with E-state index in [9.17, 15) is 19.8 Å². The summed E-state index contributed by atoms with van der Waals surface area (Å²) in [5.41, 5.74) is 9.75. The van der Waals surface area contributed by atoms with Crippen LogP contribution in [0.4, 0.5) is 10.5 Å². The predicted molar refractivity (Wildman–Crippen MR) is 217 cm³/mol. The molecule has 0 saturated heterocycles. The number of benzene rings is 3. The summed E-state index contributed by atoms with van der Waals surface area (Å²) >= 11 is 0. The van der Waals surface area contributed by atoms with Crippen LogP contribution in [0.15, 0.2) is 77.6 Å². The van der Waals surface area contributed by atoms with Crippen LogP contribution in [-0.4, -0.2) is 61.4 Å². The Kier molecular flexibility index (Phi) is 13.4. The smallest absolute Gasteiger partial charge is 0.412 e. The molecule has 10 nitrogen and oxygen atoms in total. The highest BCUT2D eigenvalue weighted by atomic mass is 28.4. The van der Waals surface area contributed by atoms with E-state index in [0.717, 1.165) is 80.0 Å². The number of nitrogens with one attached hydrogen (secondary N) is 2. The Balaban J connectivity index is 1.16. The molecular weight excluding hydrogens is 685 g/mol. The molecule has 53 heavy (non-hydrogen) atoms. The number of carbonyl (C=O) groups is 1. The maximum Gasteiger partial charge on any atom is 0.412 e. The van der Waals surface area contributed by atoms with E-state index in [1.54, 1.807) is 12.1 Å². The normalized spacial score (nSPS) is 17.1. The molecule has 0 unspecified atom stereocenters. The molecule has 1 heterocycles. The number of nitrogens with zero attached hydrogens (tertiary/aromatic N) is 1. The number of H-pyrrole nitrogens is 1. The van der Waals surface area contributed by atoms with Crippen LogP contribution in [0.5, 0.6) is 11.5 Å². The zero-order valence-electron chi connectivity index (χ0n) is 32.0. The maximum absolute atomic E-state index is 12.7. The average Bonchev–Trinajstić information content (AvgIpc) is 3.11. The quantitative estimate of drug-likeness (QED) is 0.0564. The predicted octanol–water partition coefficient (Wildman–Crippen LogP) is 8.95. The lowest BCUT2D eigenvalue weighted by atomic mass is 9.90. The lowest BCUT2D eigenvalue weighted by Gasteiger charge is -2.39. The van der Waals surface area contributed by atoms with Gasteiger partial charge in [0.15, 0.2) is 8.32 Å². The van der Waals surface area contributed by atoms with Gasteiger partial charge in [0, 0.05) is 41.7 Å². The number of rotatable bonds is 16. The lowest BCUT2D eigenvalue weighted by Crippen LogP contribution is -2.44. The molecule has 1 aliphatic rings. The van der Waals surface area contributed by atoms with E-state index < -0.39 is 14.4 Å². The third kappa shape index (κ3) is 10.3. The van der Waals surface area contributed by atoms with Crippen LogP contribution < -0.4 is 26.2 Å². The van der Waals surface area contributed by atoms with Crippen LogP contribution >= 0.6 is 0 Å². The first-order valence-corrected chi connectivity index (χ1v) is 22.0. The van der Waals surface area contributed by atoms with E-state index in [4.69, 9.17) is 14.9 Å². The van der Waals surface area contributed by atoms with Crippen molar-refractivity contribution in [1.82, 2.24) is 10.3 Å². The number of phenolic OH excluding ortho intramolecular Hbond substituents is 1. The highest BCUT2D eigenvalue weighted by Gasteiger charge is 2.40. The van der Waals surface area contributed by atoms with Crippen molar-refractivity contribution in [2.45, 2.75) is 108 Å². The van der Waals surface area contributed by atoms with Crippen LogP contribution in [0.3, 0.4) is 0 Å². The minimum Gasteiger partial charge on any atom is -0.506 e. The van der Waals surface area contributed by atoms with Gasteiger partial charge in [-0.25, -0.2) is 4.79 Å². The summed E-state index contributed by atoms with van der Waals surface area (Å²) in [6, 6.07) is 22.5. The SMILES string of the molecule is CC(C)(C)[Si](C)(C)O[C@@H](CNCCCCCCOc1ccc(-c2ccccc2)c(N(C(=O)O)C2CCC(N)CC2)c1)c1ccc(O)c2[nH]c(=O)ccc12. The van der Waals surface area contributed by atoms with E-state index in [0.29, 0.717) is 30.1 Å². The number of amides is 1. The maximum atomic E-state index is 12.7. The summed E-state index contributed by atoms with van der Waals surface area (Å²) < 4.78 is 13.1. The van der Waals surface area contributed by atoms with Crippen molar-refractivity contribution >= 4 is 31.0 Å². The second-order valence-electron chi connectivity index (χ2n) is 15.9. The number of aromatic nitrogens is 1. The fraction of sp³-hybridized carbons (Fsp3) is 0.476. The van der Waals surface area contributed by atoms with E-state index >= 15 is 0 Å². The first-order valence-electron chi connectivity index (χ1n) is 19.1. The van der Waals surface area contributed by atoms with Gasteiger partial charge < -0.3 is 35.4 Å². The minimum atomic E-state index is -2.15. The molecule has 1 atom stereocenters. The van der Waals surface area contributed by atoms with Crippen LogP contribution in [0.25, 0.3) is 22.0 Å². The Morgan fingerprint density at radius 1 is 0.981 bits per heavy atom. The van der Waals surface area contributed by atoms with Crippen molar-refractivity contribution in [3.05, 3.63) is 88.7 Å². The molecule has 11 heteroatoms. The van der Waals surface area contributed by atoms with Gasteiger partial charge in [-0.2, -0.15) is 0 Å². The number of pyridine rings is 1. The van der Waals surface area contributed by atoms with Crippen molar-refractivity contribution in [2.75, 3.05) is 24.6 Å². The van der Waals surface area contributed by atoms with Gasteiger partial charge >= 0.3 is 6.09 Å². The van der Waals surface area contributed by atoms with Crippen molar-refractivity contribution in [2.24, 2.45) is 5.73 Å². The van der Waals surface area contributed by atoms with E-state index in [-0.39, 0.29) is 34.5 Å². The highest BCUT2D eigenvalue weighted by Crippen LogP contribution is 2.41. The second kappa shape index (κ2) is 17.8. The summed E-state index contributed by atoms with van der Waals surface area (Å²) in [5, 5.41) is 25.3. The van der Waals surface area contributed by atoms with Gasteiger partial charge in [0.2, 0.25) is 5.56 Å². The molecule has 1 aliphatic carbocycles. The van der Waals surface area contributed by atoms with E-state index in [1.807, 2.05) is 54.6 Å². The topological polar surface area (TPSA) is 150 Å². The number of hydrogen-bond acceptors (Lipinski definition) is 7. The van der Waals surface area contributed by atoms with Crippen LogP contribution in [-0.2, 0) is 4.43 Å².